The molecule has 6 heterocycles. The number of nitrogens with one attached hydrogen (secondary N) is 2. The minimum Gasteiger partial charge on any atom is -0.394 e. The Morgan fingerprint density at radius 2 is 0.681 bits per heavy atom. The zero-order valence-corrected chi connectivity index (χ0v) is 38.6. The molecule has 2 amide bonds. The molecule has 32 nitrogen and oxygen atoms in total. The van der Waals surface area contributed by atoms with Gasteiger partial charge in [0.15, 0.2) is 31.5 Å². The van der Waals surface area contributed by atoms with Crippen LogP contribution >= 0.6 is 0 Å². The van der Waals surface area contributed by atoms with Gasteiger partial charge in [0.25, 0.3) is 0 Å². The molecule has 0 aromatic heterocycles. The van der Waals surface area contributed by atoms with E-state index in [-0.39, 0.29) is 6.61 Å². The Bertz CT molecular complexity index is 1710. The maximum Gasteiger partial charge on any atom is 0.217 e. The molecule has 6 aliphatic heterocycles. The summed E-state index contributed by atoms with van der Waals surface area (Å²) in [6, 6.07) is -2.62. The van der Waals surface area contributed by atoms with Crippen molar-refractivity contribution in [3.63, 3.8) is 0 Å². The van der Waals surface area contributed by atoms with Crippen molar-refractivity contribution in [1.82, 2.24) is 10.6 Å². The summed E-state index contributed by atoms with van der Waals surface area (Å²) >= 11 is 0. The average Bonchev–Trinajstić information content (AvgIpc) is 3.35. The van der Waals surface area contributed by atoms with E-state index in [2.05, 4.69) is 10.6 Å². The predicted octanol–water partition coefficient (Wildman–Crippen LogP) is -13.1. The smallest absolute Gasteiger partial charge is 0.217 e. The Balaban J connectivity index is 1.10. The van der Waals surface area contributed by atoms with Crippen molar-refractivity contribution < 1.29 is 149 Å². The van der Waals surface area contributed by atoms with Gasteiger partial charge in [-0.25, -0.2) is 0 Å². The Labute approximate surface area is 408 Å². The molecule has 0 spiro atoms. The van der Waals surface area contributed by atoms with E-state index in [4.69, 9.17) is 52.1 Å². The number of carbonyl (C=O) groups is 2. The van der Waals surface area contributed by atoms with Crippen molar-refractivity contribution in [2.24, 2.45) is 0 Å². The molecule has 0 unspecified atom stereocenters. The van der Waals surface area contributed by atoms with Crippen LogP contribution in [0.2, 0.25) is 0 Å². The Morgan fingerprint density at radius 1 is 0.375 bits per heavy atom. The highest BCUT2D eigenvalue weighted by atomic mass is 16.8. The van der Waals surface area contributed by atoms with Gasteiger partial charge in [-0.2, -0.15) is 0 Å². The van der Waals surface area contributed by atoms with Crippen LogP contribution in [-0.4, -0.2) is 323 Å². The molecular weight excluding hydrogens is 988 g/mol. The van der Waals surface area contributed by atoms with Crippen LogP contribution in [0.1, 0.15) is 13.8 Å². The normalized spacial score (nSPS) is 49.2. The minimum atomic E-state index is -2.18. The summed E-state index contributed by atoms with van der Waals surface area (Å²) in [5.74, 6) is -1.28. The fourth-order valence-corrected chi connectivity index (χ4v) is 9.28. The molecule has 0 bridgehead atoms. The zero-order valence-electron chi connectivity index (χ0n) is 38.6. The molecular formula is C40H68N2O30. The number of rotatable bonds is 18. The molecule has 6 saturated heterocycles. The molecule has 418 valence electrons. The van der Waals surface area contributed by atoms with Gasteiger partial charge >= 0.3 is 0 Å². The quantitative estimate of drug-likeness (QED) is 0.0606. The Hall–Kier alpha value is -2.18. The van der Waals surface area contributed by atoms with Crippen molar-refractivity contribution in [2.45, 2.75) is 192 Å². The fourth-order valence-electron chi connectivity index (χ4n) is 9.28. The summed E-state index contributed by atoms with van der Waals surface area (Å²) in [5.41, 5.74) is 0. The van der Waals surface area contributed by atoms with Gasteiger partial charge in [-0.1, -0.05) is 0 Å². The van der Waals surface area contributed by atoms with Crippen LogP contribution in [0, 0.1) is 0 Å². The number of ether oxygens (including phenoxy) is 11. The summed E-state index contributed by atoms with van der Waals surface area (Å²) < 4.78 is 62.3. The summed E-state index contributed by atoms with van der Waals surface area (Å²) in [7, 11) is 0. The first kappa shape index (κ1) is 59.1. The van der Waals surface area contributed by atoms with Crippen molar-refractivity contribution in [3.05, 3.63) is 0 Å². The van der Waals surface area contributed by atoms with Gasteiger partial charge in [-0.15, -0.1) is 0 Å². The number of hydrogen-bond acceptors (Lipinski definition) is 30. The summed E-state index contributed by atoms with van der Waals surface area (Å²) in [5, 5.41) is 186. The maximum atomic E-state index is 12.4. The van der Waals surface area contributed by atoms with E-state index in [0.29, 0.717) is 0 Å². The van der Waals surface area contributed by atoms with Crippen LogP contribution in [0.5, 0.6) is 0 Å². The Morgan fingerprint density at radius 3 is 1.04 bits per heavy atom. The van der Waals surface area contributed by atoms with E-state index in [0.717, 1.165) is 6.92 Å². The van der Waals surface area contributed by atoms with Crippen molar-refractivity contribution in [3.8, 4) is 0 Å². The molecule has 0 aromatic rings. The van der Waals surface area contributed by atoms with E-state index in [1.807, 2.05) is 0 Å². The molecule has 29 atom stereocenters. The zero-order chi connectivity index (χ0) is 53.0. The van der Waals surface area contributed by atoms with Gasteiger partial charge in [0.05, 0.1) is 52.3 Å². The van der Waals surface area contributed by atoms with Crippen molar-refractivity contribution in [2.75, 3.05) is 46.2 Å². The van der Waals surface area contributed by atoms with Crippen LogP contribution in [-0.2, 0) is 61.7 Å². The standard InChI is InChI=1S/C40H68N2O30/c1-10(49)41-12-9-62-14(4-44)31(20(12)51)68-36-19(42-11(2)50)22(53)32(15(5-45)64-36)69-38-28(59)24(55)34(17(7-47)65-38)71-40-30(61)26(57)35(18(8-48)67-40)72-39-29(60)25(56)33(16(6-46)66-39)70-37-27(58)23(54)21(52)13(3-43)63-37/h12-40,43-48,51-61H,3-9H2,1-2H3,(H,41,49)(H,42,50)/t12-,13+,14+,15+,16+,17+,18+,19+,20+,21+,22+,23-,24+,25+,26+,27-,28-,29-,30-,31+,32+,33+,34+,35+,36-,37+,38+,39-,40-/m0/s1. The average molecular weight is 1060 g/mol. The second kappa shape index (κ2) is 25.8. The number of aliphatic hydroxyl groups excluding tert-OH is 17. The molecule has 0 saturated carbocycles. The lowest BCUT2D eigenvalue weighted by Gasteiger charge is -2.50. The van der Waals surface area contributed by atoms with Gasteiger partial charge in [0.2, 0.25) is 11.8 Å². The third-order valence-corrected chi connectivity index (χ3v) is 13.2. The highest BCUT2D eigenvalue weighted by molar-refractivity contribution is 5.73. The molecule has 6 aliphatic rings. The monoisotopic (exact) mass is 1060 g/mol. The van der Waals surface area contributed by atoms with Crippen molar-refractivity contribution in [1.29, 1.82) is 0 Å². The molecule has 0 radical (unpaired) electrons. The second-order valence-electron chi connectivity index (χ2n) is 18.1. The largest absolute Gasteiger partial charge is 0.394 e. The van der Waals surface area contributed by atoms with E-state index >= 15 is 0 Å². The third kappa shape index (κ3) is 12.6. The van der Waals surface area contributed by atoms with E-state index in [1.54, 1.807) is 0 Å². The minimum absolute atomic E-state index is 0.223. The van der Waals surface area contributed by atoms with Crippen LogP contribution < -0.4 is 10.6 Å². The van der Waals surface area contributed by atoms with Gasteiger partial charge in [-0.05, 0) is 0 Å². The molecule has 72 heavy (non-hydrogen) atoms. The van der Waals surface area contributed by atoms with Gasteiger partial charge in [0.1, 0.15) is 140 Å². The number of hydrogen-bond donors (Lipinski definition) is 19. The molecule has 0 aromatic carbocycles. The van der Waals surface area contributed by atoms with Gasteiger partial charge in [-0.3, -0.25) is 9.59 Å². The van der Waals surface area contributed by atoms with Crippen LogP contribution in [0.25, 0.3) is 0 Å². The summed E-state index contributed by atoms with van der Waals surface area (Å²) in [4.78, 5) is 24.1. The first-order valence-electron chi connectivity index (χ1n) is 23.0. The topological polar surface area (TPSA) is 504 Å². The van der Waals surface area contributed by atoms with Crippen LogP contribution in [0.15, 0.2) is 0 Å². The number of carbonyl (C=O) groups excluding carboxylic acids is 2. The van der Waals surface area contributed by atoms with Gasteiger partial charge in [0, 0.05) is 13.8 Å². The lowest BCUT2D eigenvalue weighted by molar-refractivity contribution is -0.392. The molecule has 6 rings (SSSR count). The van der Waals surface area contributed by atoms with E-state index < -0.39 is 229 Å². The van der Waals surface area contributed by atoms with E-state index in [1.165, 1.54) is 6.92 Å². The highest BCUT2D eigenvalue weighted by Crippen LogP contribution is 2.36. The fraction of sp³-hybridized carbons (Fsp3) is 0.950. The maximum absolute atomic E-state index is 12.4. The first-order valence-corrected chi connectivity index (χ1v) is 23.0. The lowest BCUT2D eigenvalue weighted by Crippen LogP contribution is -2.70. The molecule has 32 heteroatoms. The number of amides is 2. The second-order valence-corrected chi connectivity index (χ2v) is 18.1. The first-order chi connectivity index (χ1) is 34.1. The number of aliphatic hydroxyl groups is 17. The molecule has 6 fully saturated rings. The molecule has 0 aliphatic carbocycles. The summed E-state index contributed by atoms with van der Waals surface area (Å²) in [6.45, 7) is -3.44. The highest BCUT2D eigenvalue weighted by Gasteiger charge is 2.57. The predicted molar refractivity (Wildman–Crippen MR) is 221 cm³/mol. The third-order valence-electron chi connectivity index (χ3n) is 13.2. The van der Waals surface area contributed by atoms with Crippen molar-refractivity contribution >= 4 is 11.8 Å². The van der Waals surface area contributed by atoms with E-state index in [9.17, 15) is 96.4 Å². The van der Waals surface area contributed by atoms with Crippen LogP contribution in [0.4, 0.5) is 0 Å². The Kier molecular flexibility index (Phi) is 21.1. The van der Waals surface area contributed by atoms with Gasteiger partial charge < -0.3 is 150 Å². The SMILES string of the molecule is CC(=O)N[C@H]1[C@H](O[C@H]2[C@H](O)[C@@H](NC(C)=O)CO[C@@H]2CO)O[C@H](CO)[C@@H](O[C@H]2O[C@H](CO)[C@@H](O[C@@H]3O[C@H](CO)[C@@H](O[C@@H]4O[C@H](CO)[C@@H](O[C@H]5O[C@H](CO)[C@@H](O)[C@H](O)[C@@H]5O)[C@H](O)[C@@H]4O)[C@H](O)[C@@H]3O)[C@H](O)[C@@H]2O)[C@@H]1O. The van der Waals surface area contributed by atoms with Crippen LogP contribution in [0.3, 0.4) is 0 Å². The molecule has 19 N–H and O–H groups in total. The lowest BCUT2D eigenvalue weighted by atomic mass is 9.94. The summed E-state index contributed by atoms with van der Waals surface area (Å²) in [6.07, 6.45) is -49.2.